The van der Waals surface area contributed by atoms with Crippen molar-refractivity contribution in [1.82, 2.24) is 10.3 Å². The molecule has 0 spiro atoms. The van der Waals surface area contributed by atoms with E-state index in [-0.39, 0.29) is 5.69 Å². The fraction of sp³-hybridized carbons (Fsp3) is 0.462. The molecule has 2 heterocycles. The number of anilines is 1. The minimum atomic E-state index is -5.08. The van der Waals surface area contributed by atoms with Crippen LogP contribution in [0.5, 0.6) is 0 Å². The fourth-order valence-electron chi connectivity index (χ4n) is 1.57. The third-order valence-corrected chi connectivity index (χ3v) is 2.87. The van der Waals surface area contributed by atoms with Crippen molar-refractivity contribution in [3.8, 4) is 0 Å². The Morgan fingerprint density at radius 2 is 1.45 bits per heavy atom. The lowest BCUT2D eigenvalue weighted by Gasteiger charge is -2.28. The van der Waals surface area contributed by atoms with Gasteiger partial charge in [-0.3, -0.25) is 10.1 Å². The third-order valence-electron chi connectivity index (χ3n) is 2.87. The summed E-state index contributed by atoms with van der Waals surface area (Å²) >= 11 is 0. The van der Waals surface area contributed by atoms with Crippen molar-refractivity contribution in [2.75, 3.05) is 31.1 Å². The standard InChI is InChI=1S/C9H12N4O2.2C2HF3O2/c14-13(15)8-1-2-9(11-7-8)12-5-3-10-4-6-12;2*3-2(4,5)1(6)7/h1-2,7,10H,3-6H2;2*(H,6,7). The van der Waals surface area contributed by atoms with E-state index in [2.05, 4.69) is 15.2 Å². The molecule has 16 heteroatoms. The molecule has 1 saturated heterocycles. The number of piperazine rings is 1. The number of rotatable bonds is 2. The monoisotopic (exact) mass is 436 g/mol. The molecule has 1 fully saturated rings. The number of hydrogen-bond acceptors (Lipinski definition) is 7. The zero-order valence-electron chi connectivity index (χ0n) is 14.2. The zero-order chi connectivity index (χ0) is 22.8. The summed E-state index contributed by atoms with van der Waals surface area (Å²) in [5.41, 5.74) is 0.0360. The van der Waals surface area contributed by atoms with Crippen molar-refractivity contribution in [3.63, 3.8) is 0 Å². The predicted molar refractivity (Wildman–Crippen MR) is 83.4 cm³/mol. The Morgan fingerprint density at radius 3 is 1.72 bits per heavy atom. The number of aromatic nitrogens is 1. The summed E-state index contributed by atoms with van der Waals surface area (Å²) in [6.45, 7) is 3.65. The minimum absolute atomic E-state index is 0.0360. The van der Waals surface area contributed by atoms with E-state index in [0.29, 0.717) is 0 Å². The van der Waals surface area contributed by atoms with Gasteiger partial charge in [-0.05, 0) is 6.07 Å². The molecule has 0 radical (unpaired) electrons. The highest BCUT2D eigenvalue weighted by molar-refractivity contribution is 5.73. The Kier molecular flexibility index (Phi) is 9.78. The predicted octanol–water partition coefficient (Wildman–Crippen LogP) is 1.67. The molecule has 1 aromatic rings. The van der Waals surface area contributed by atoms with Gasteiger partial charge in [0.05, 0.1) is 4.92 Å². The summed E-state index contributed by atoms with van der Waals surface area (Å²) in [6.07, 6.45) is -8.86. The Morgan fingerprint density at radius 1 is 1.03 bits per heavy atom. The summed E-state index contributed by atoms with van der Waals surface area (Å²) in [7, 11) is 0. The number of aliphatic carboxylic acids is 2. The molecule has 3 N–H and O–H groups in total. The van der Waals surface area contributed by atoms with Crippen LogP contribution in [-0.2, 0) is 9.59 Å². The molecule has 29 heavy (non-hydrogen) atoms. The van der Waals surface area contributed by atoms with Gasteiger partial charge in [0, 0.05) is 32.2 Å². The maximum atomic E-state index is 10.6. The van der Waals surface area contributed by atoms with Gasteiger partial charge in [0.15, 0.2) is 0 Å². The molecule has 0 aliphatic carbocycles. The van der Waals surface area contributed by atoms with E-state index in [0.717, 1.165) is 32.0 Å². The molecule has 2 rings (SSSR count). The Bertz CT molecular complexity index is 665. The van der Waals surface area contributed by atoms with E-state index in [9.17, 15) is 36.5 Å². The summed E-state index contributed by atoms with van der Waals surface area (Å²) in [4.78, 5) is 34.0. The second kappa shape index (κ2) is 11.0. The van der Waals surface area contributed by atoms with Crippen LogP contribution >= 0.6 is 0 Å². The van der Waals surface area contributed by atoms with Crippen molar-refractivity contribution in [1.29, 1.82) is 0 Å². The lowest BCUT2D eigenvalue weighted by Crippen LogP contribution is -2.43. The summed E-state index contributed by atoms with van der Waals surface area (Å²) in [6, 6.07) is 3.19. The highest BCUT2D eigenvalue weighted by Crippen LogP contribution is 2.16. The van der Waals surface area contributed by atoms with Crippen molar-refractivity contribution >= 4 is 23.4 Å². The van der Waals surface area contributed by atoms with Crippen molar-refractivity contribution in [2.24, 2.45) is 0 Å². The topological polar surface area (TPSA) is 146 Å². The summed E-state index contributed by atoms with van der Waals surface area (Å²) in [5, 5.41) is 27.9. The van der Waals surface area contributed by atoms with E-state index < -0.39 is 29.2 Å². The number of halogens is 6. The number of carboxylic acids is 2. The van der Waals surface area contributed by atoms with Gasteiger partial charge in [-0.25, -0.2) is 14.6 Å². The smallest absolute Gasteiger partial charge is 0.475 e. The molecule has 10 nitrogen and oxygen atoms in total. The highest BCUT2D eigenvalue weighted by Gasteiger charge is 2.38. The van der Waals surface area contributed by atoms with E-state index in [1.807, 2.05) is 0 Å². The molecule has 0 bridgehead atoms. The maximum absolute atomic E-state index is 10.6. The molecule has 1 aliphatic rings. The Hall–Kier alpha value is -3.17. The van der Waals surface area contributed by atoms with Crippen LogP contribution in [0.1, 0.15) is 0 Å². The molecule has 164 valence electrons. The number of nitrogens with one attached hydrogen (secondary N) is 1. The van der Waals surface area contributed by atoms with Crippen LogP contribution < -0.4 is 10.2 Å². The van der Waals surface area contributed by atoms with Gasteiger partial charge in [0.1, 0.15) is 12.0 Å². The SMILES string of the molecule is O=C(O)C(F)(F)F.O=C(O)C(F)(F)F.O=[N+]([O-])c1ccc(N2CCNCC2)nc1. The number of alkyl halides is 6. The number of nitrogens with zero attached hydrogens (tertiary/aromatic N) is 3. The van der Waals surface area contributed by atoms with Crippen LogP contribution in [0.3, 0.4) is 0 Å². The van der Waals surface area contributed by atoms with Crippen LogP contribution in [0.4, 0.5) is 37.8 Å². The van der Waals surface area contributed by atoms with Gasteiger partial charge in [0.25, 0.3) is 5.69 Å². The zero-order valence-corrected chi connectivity index (χ0v) is 14.2. The van der Waals surface area contributed by atoms with Crippen molar-refractivity contribution in [2.45, 2.75) is 12.4 Å². The molecule has 0 amide bonds. The maximum Gasteiger partial charge on any atom is 0.490 e. The van der Waals surface area contributed by atoms with Gasteiger partial charge in [-0.1, -0.05) is 0 Å². The lowest BCUT2D eigenvalue weighted by atomic mass is 10.3. The van der Waals surface area contributed by atoms with E-state index in [4.69, 9.17) is 19.8 Å². The minimum Gasteiger partial charge on any atom is -0.475 e. The largest absolute Gasteiger partial charge is 0.490 e. The molecular weight excluding hydrogens is 422 g/mol. The van der Waals surface area contributed by atoms with E-state index >= 15 is 0 Å². The summed E-state index contributed by atoms with van der Waals surface area (Å²) in [5.74, 6) is -4.71. The van der Waals surface area contributed by atoms with Gasteiger partial charge in [-0.15, -0.1) is 0 Å². The molecule has 0 unspecified atom stereocenters. The van der Waals surface area contributed by atoms with Crippen LogP contribution in [0.2, 0.25) is 0 Å². The van der Waals surface area contributed by atoms with Crippen molar-refractivity contribution in [3.05, 3.63) is 28.4 Å². The number of carboxylic acid groups (broad SMARTS) is 2. The number of pyridine rings is 1. The molecule has 0 aromatic carbocycles. The van der Waals surface area contributed by atoms with E-state index in [1.54, 1.807) is 6.07 Å². The number of nitro groups is 1. The highest BCUT2D eigenvalue weighted by atomic mass is 19.4. The fourth-order valence-corrected chi connectivity index (χ4v) is 1.57. The van der Waals surface area contributed by atoms with Gasteiger partial charge < -0.3 is 20.4 Å². The summed E-state index contributed by atoms with van der Waals surface area (Å²) < 4.78 is 63.5. The Labute approximate surface area is 157 Å². The molecule has 0 saturated carbocycles. The van der Waals surface area contributed by atoms with Gasteiger partial charge in [-0.2, -0.15) is 26.3 Å². The molecule has 1 aliphatic heterocycles. The average Bonchev–Trinajstić information content (AvgIpc) is 2.62. The lowest BCUT2D eigenvalue weighted by molar-refractivity contribution is -0.385. The first-order chi connectivity index (χ1) is 13.2. The number of hydrogen-bond donors (Lipinski definition) is 3. The second-order valence-corrected chi connectivity index (χ2v) is 4.97. The van der Waals surface area contributed by atoms with E-state index in [1.165, 1.54) is 12.3 Å². The molecule has 0 atom stereocenters. The first-order valence-electron chi connectivity index (χ1n) is 7.32. The van der Waals surface area contributed by atoms with Crippen LogP contribution in [-0.4, -0.2) is 70.6 Å². The van der Waals surface area contributed by atoms with Crippen LogP contribution in [0.15, 0.2) is 18.3 Å². The first-order valence-corrected chi connectivity index (χ1v) is 7.32. The Balaban J connectivity index is 0.000000473. The second-order valence-electron chi connectivity index (χ2n) is 4.97. The first kappa shape index (κ1) is 25.8. The van der Waals surface area contributed by atoms with Crippen LogP contribution in [0.25, 0.3) is 0 Å². The molecule has 1 aromatic heterocycles. The number of carbonyl (C=O) groups is 2. The quantitative estimate of drug-likeness (QED) is 0.358. The average molecular weight is 436 g/mol. The van der Waals surface area contributed by atoms with Crippen molar-refractivity contribution < 1.29 is 51.1 Å². The van der Waals surface area contributed by atoms with Gasteiger partial charge in [0.2, 0.25) is 0 Å². The molecular formula is C13H14F6N4O6. The van der Waals surface area contributed by atoms with Crippen LogP contribution in [0, 0.1) is 10.1 Å². The normalized spacial score (nSPS) is 13.9. The van der Waals surface area contributed by atoms with Gasteiger partial charge >= 0.3 is 24.3 Å². The third kappa shape index (κ3) is 10.7.